The molecule has 0 bridgehead atoms. The molecule has 3 nitrogen and oxygen atoms in total. The van der Waals surface area contributed by atoms with Gasteiger partial charge in [0.1, 0.15) is 0 Å². The van der Waals surface area contributed by atoms with Crippen LogP contribution in [0.15, 0.2) is 11.6 Å². The summed E-state index contributed by atoms with van der Waals surface area (Å²) in [7, 11) is 4.05. The van der Waals surface area contributed by atoms with Crippen LogP contribution in [0.4, 0.5) is 0 Å². The number of hydrogen-bond acceptors (Lipinski definition) is 3. The summed E-state index contributed by atoms with van der Waals surface area (Å²) in [5.41, 5.74) is 0.428. The summed E-state index contributed by atoms with van der Waals surface area (Å²) in [4.78, 5) is 12.5. The van der Waals surface area contributed by atoms with Crippen LogP contribution in [0.3, 0.4) is 0 Å². The number of rotatable bonds is 6. The Morgan fingerprint density at radius 1 is 1.54 bits per heavy atom. The van der Waals surface area contributed by atoms with E-state index in [4.69, 9.17) is 5.11 Å². The third-order valence-electron chi connectivity index (χ3n) is 1.53. The van der Waals surface area contributed by atoms with E-state index in [-0.39, 0.29) is 0 Å². The lowest BCUT2D eigenvalue weighted by molar-refractivity contribution is -0.132. The van der Waals surface area contributed by atoms with Gasteiger partial charge in [-0.25, -0.2) is 4.79 Å². The summed E-state index contributed by atoms with van der Waals surface area (Å²) in [5.74, 6) is 0.996. The fraction of sp³-hybridized carbons (Fsp3) is 0.667. The minimum atomic E-state index is -0.826. The predicted octanol–water partition coefficient (Wildman–Crippen LogP) is 1.31. The normalized spacial score (nSPS) is 12.2. The van der Waals surface area contributed by atoms with Crippen molar-refractivity contribution < 1.29 is 9.90 Å². The van der Waals surface area contributed by atoms with Crippen molar-refractivity contribution in [1.82, 2.24) is 4.90 Å². The van der Waals surface area contributed by atoms with Crippen LogP contribution in [0.25, 0.3) is 0 Å². The van der Waals surface area contributed by atoms with Gasteiger partial charge in [0.25, 0.3) is 0 Å². The second-order valence-electron chi connectivity index (χ2n) is 3.07. The largest absolute Gasteiger partial charge is 0.478 e. The molecule has 0 unspecified atom stereocenters. The Balaban J connectivity index is 3.45. The topological polar surface area (TPSA) is 40.5 Å². The van der Waals surface area contributed by atoms with Gasteiger partial charge in [-0.1, -0.05) is 6.08 Å². The molecule has 1 N–H and O–H groups in total. The van der Waals surface area contributed by atoms with Gasteiger partial charge in [0.15, 0.2) is 0 Å². The Labute approximate surface area is 83.8 Å². The van der Waals surface area contributed by atoms with E-state index in [2.05, 4.69) is 4.90 Å². The van der Waals surface area contributed by atoms with Crippen LogP contribution in [0.2, 0.25) is 0 Å². The summed E-state index contributed by atoms with van der Waals surface area (Å²) < 4.78 is 0. The summed E-state index contributed by atoms with van der Waals surface area (Å²) >= 11 is 1.75. The first-order chi connectivity index (χ1) is 6.04. The second-order valence-corrected chi connectivity index (χ2v) is 4.22. The van der Waals surface area contributed by atoms with Crippen LogP contribution in [0, 0.1) is 0 Å². The lowest BCUT2D eigenvalue weighted by atomic mass is 10.3. The van der Waals surface area contributed by atoms with E-state index in [1.54, 1.807) is 24.8 Å². The molecule has 0 aliphatic carbocycles. The highest BCUT2D eigenvalue weighted by molar-refractivity contribution is 7.99. The number of aliphatic carboxylic acids is 1. The molecule has 0 spiro atoms. The molecule has 0 amide bonds. The summed E-state index contributed by atoms with van der Waals surface area (Å²) in [6, 6.07) is 0. The van der Waals surface area contributed by atoms with Gasteiger partial charge in [-0.2, -0.15) is 11.8 Å². The molecule has 0 aliphatic heterocycles. The molecule has 0 heterocycles. The van der Waals surface area contributed by atoms with Crippen molar-refractivity contribution in [3.8, 4) is 0 Å². The first-order valence-electron chi connectivity index (χ1n) is 4.16. The molecule has 76 valence electrons. The third kappa shape index (κ3) is 7.87. The van der Waals surface area contributed by atoms with Gasteiger partial charge in [-0.15, -0.1) is 0 Å². The number of nitrogens with zero attached hydrogens (tertiary/aromatic N) is 1. The van der Waals surface area contributed by atoms with Crippen molar-refractivity contribution in [3.63, 3.8) is 0 Å². The zero-order valence-electron chi connectivity index (χ0n) is 8.41. The highest BCUT2D eigenvalue weighted by atomic mass is 32.2. The minimum absolute atomic E-state index is 0.428. The van der Waals surface area contributed by atoms with Gasteiger partial charge in [0, 0.05) is 23.6 Å². The Morgan fingerprint density at radius 2 is 2.15 bits per heavy atom. The van der Waals surface area contributed by atoms with E-state index in [0.717, 1.165) is 18.1 Å². The first kappa shape index (κ1) is 12.5. The molecule has 13 heavy (non-hydrogen) atoms. The standard InChI is InChI=1S/C9H17NO2S/c1-8(9(11)12)4-6-13-7-5-10(2)3/h4H,5-7H2,1-3H3,(H,11,12). The van der Waals surface area contributed by atoms with E-state index in [1.807, 2.05) is 14.1 Å². The lowest BCUT2D eigenvalue weighted by Crippen LogP contribution is -2.14. The summed E-state index contributed by atoms with van der Waals surface area (Å²) in [6.45, 7) is 2.65. The molecule has 0 aliphatic rings. The van der Waals surface area contributed by atoms with Crippen molar-refractivity contribution in [2.24, 2.45) is 0 Å². The van der Waals surface area contributed by atoms with Gasteiger partial charge in [0.2, 0.25) is 0 Å². The molecule has 0 saturated heterocycles. The van der Waals surface area contributed by atoms with Gasteiger partial charge in [0.05, 0.1) is 0 Å². The molecule has 0 aromatic heterocycles. The molecule has 0 aromatic rings. The molecule has 0 rings (SSSR count). The fourth-order valence-electron chi connectivity index (χ4n) is 0.602. The predicted molar refractivity (Wildman–Crippen MR) is 57.3 cm³/mol. The average Bonchev–Trinajstić information content (AvgIpc) is 2.02. The smallest absolute Gasteiger partial charge is 0.330 e. The monoisotopic (exact) mass is 203 g/mol. The van der Waals surface area contributed by atoms with Crippen LogP contribution < -0.4 is 0 Å². The molecule has 0 radical (unpaired) electrons. The van der Waals surface area contributed by atoms with Crippen molar-refractivity contribution in [1.29, 1.82) is 0 Å². The highest BCUT2D eigenvalue weighted by Gasteiger charge is 1.97. The second kappa shape index (κ2) is 6.97. The molecular weight excluding hydrogens is 186 g/mol. The van der Waals surface area contributed by atoms with Crippen molar-refractivity contribution in [3.05, 3.63) is 11.6 Å². The SMILES string of the molecule is CC(=CCSCCN(C)C)C(=O)O. The number of carboxylic acid groups (broad SMARTS) is 1. The van der Waals surface area contributed by atoms with Gasteiger partial charge >= 0.3 is 5.97 Å². The average molecular weight is 203 g/mol. The Morgan fingerprint density at radius 3 is 2.62 bits per heavy atom. The minimum Gasteiger partial charge on any atom is -0.478 e. The van der Waals surface area contributed by atoms with Crippen LogP contribution in [-0.2, 0) is 4.79 Å². The van der Waals surface area contributed by atoms with Gasteiger partial charge < -0.3 is 10.0 Å². The molecular formula is C9H17NO2S. The fourth-order valence-corrected chi connectivity index (χ4v) is 1.63. The first-order valence-corrected chi connectivity index (χ1v) is 5.32. The number of carbonyl (C=O) groups is 1. The van der Waals surface area contributed by atoms with Gasteiger partial charge in [-0.3, -0.25) is 0 Å². The number of thioether (sulfide) groups is 1. The molecule has 4 heteroatoms. The summed E-state index contributed by atoms with van der Waals surface area (Å²) in [6.07, 6.45) is 1.75. The number of carboxylic acids is 1. The van der Waals surface area contributed by atoms with Crippen molar-refractivity contribution in [2.75, 3.05) is 32.1 Å². The quantitative estimate of drug-likeness (QED) is 0.522. The van der Waals surface area contributed by atoms with Gasteiger partial charge in [-0.05, 0) is 21.0 Å². The molecule has 0 fully saturated rings. The van der Waals surface area contributed by atoms with Crippen molar-refractivity contribution >= 4 is 17.7 Å². The zero-order chi connectivity index (χ0) is 10.3. The van der Waals surface area contributed by atoms with Crippen LogP contribution in [-0.4, -0.2) is 48.1 Å². The third-order valence-corrected chi connectivity index (χ3v) is 2.40. The Bertz CT molecular complexity index is 190. The number of hydrogen-bond donors (Lipinski definition) is 1. The van der Waals surface area contributed by atoms with Crippen LogP contribution in [0.1, 0.15) is 6.92 Å². The molecule has 0 aromatic carbocycles. The lowest BCUT2D eigenvalue weighted by Gasteiger charge is -2.07. The molecule has 0 atom stereocenters. The molecule has 0 saturated carbocycles. The zero-order valence-corrected chi connectivity index (χ0v) is 9.23. The van der Waals surface area contributed by atoms with E-state index < -0.39 is 5.97 Å². The maximum Gasteiger partial charge on any atom is 0.330 e. The van der Waals surface area contributed by atoms with E-state index >= 15 is 0 Å². The maximum atomic E-state index is 10.4. The maximum absolute atomic E-state index is 10.4. The Hall–Kier alpha value is -0.480. The van der Waals surface area contributed by atoms with E-state index in [1.165, 1.54) is 0 Å². The van der Waals surface area contributed by atoms with Crippen LogP contribution >= 0.6 is 11.8 Å². The van der Waals surface area contributed by atoms with E-state index in [0.29, 0.717) is 5.57 Å². The highest BCUT2D eigenvalue weighted by Crippen LogP contribution is 2.03. The van der Waals surface area contributed by atoms with E-state index in [9.17, 15) is 4.79 Å². The van der Waals surface area contributed by atoms with Crippen molar-refractivity contribution in [2.45, 2.75) is 6.92 Å². The summed E-state index contributed by atoms with van der Waals surface area (Å²) in [5, 5.41) is 8.54. The van der Waals surface area contributed by atoms with Crippen LogP contribution in [0.5, 0.6) is 0 Å². The Kier molecular flexibility index (Phi) is 6.72.